The number of anilines is 1. The number of aromatic nitrogens is 4. The van der Waals surface area contributed by atoms with E-state index < -0.39 is 21.8 Å². The highest BCUT2D eigenvalue weighted by Crippen LogP contribution is 2.23. The van der Waals surface area contributed by atoms with Crippen molar-refractivity contribution in [3.05, 3.63) is 58.8 Å². The van der Waals surface area contributed by atoms with E-state index in [-0.39, 0.29) is 28.2 Å². The van der Waals surface area contributed by atoms with Crippen LogP contribution in [0.4, 0.5) is 10.3 Å². The molecule has 4 rings (SSSR count). The molecule has 0 bridgehead atoms. The number of alkyl halides is 1. The van der Waals surface area contributed by atoms with Crippen LogP contribution in [0.3, 0.4) is 0 Å². The average molecular weight is 515 g/mol. The van der Waals surface area contributed by atoms with Crippen molar-refractivity contribution < 1.29 is 22.3 Å². The Morgan fingerprint density at radius 1 is 1.17 bits per heavy atom. The number of benzene rings is 1. The summed E-state index contributed by atoms with van der Waals surface area (Å²) in [5.41, 5.74) is -0.266. The summed E-state index contributed by atoms with van der Waals surface area (Å²) in [4.78, 5) is 23.2. The topological polar surface area (TPSA) is 140 Å². The second kappa shape index (κ2) is 10.3. The van der Waals surface area contributed by atoms with Gasteiger partial charge in [0, 0.05) is 39.1 Å². The molecule has 1 aromatic carbocycles. The third-order valence-electron chi connectivity index (χ3n) is 5.44. The van der Waals surface area contributed by atoms with Crippen molar-refractivity contribution in [1.29, 1.82) is 5.26 Å². The molecule has 3 aromatic rings. The van der Waals surface area contributed by atoms with Gasteiger partial charge in [0.1, 0.15) is 12.2 Å². The monoisotopic (exact) mass is 514 g/mol. The van der Waals surface area contributed by atoms with Crippen molar-refractivity contribution in [1.82, 2.24) is 19.7 Å². The lowest BCUT2D eigenvalue weighted by molar-refractivity contribution is 0.0851. The molecule has 188 valence electrons. The molecule has 0 saturated carbocycles. The molecule has 0 amide bonds. The number of nitrogens with zero attached hydrogens (tertiary/aromatic N) is 6. The molecule has 1 aliphatic rings. The molecule has 0 spiro atoms. The van der Waals surface area contributed by atoms with Crippen LogP contribution in [0, 0.1) is 11.3 Å². The third kappa shape index (κ3) is 5.77. The molecule has 11 nitrogen and oxygen atoms in total. The summed E-state index contributed by atoms with van der Waals surface area (Å²) in [6.07, 6.45) is 3.38. The average Bonchev–Trinajstić information content (AvgIpc) is 2.84. The first-order valence-electron chi connectivity index (χ1n) is 11.0. The van der Waals surface area contributed by atoms with Gasteiger partial charge in [0.2, 0.25) is 18.0 Å². The van der Waals surface area contributed by atoms with Crippen LogP contribution in [0.2, 0.25) is 0 Å². The number of nitriles is 1. The van der Waals surface area contributed by atoms with Gasteiger partial charge in [0.25, 0.3) is 5.56 Å². The molecule has 0 aliphatic carbocycles. The third-order valence-corrected chi connectivity index (χ3v) is 6.57. The summed E-state index contributed by atoms with van der Waals surface area (Å²) in [7, 11) is -3.39. The maximum atomic E-state index is 12.9. The number of hydrogen-bond donors (Lipinski definition) is 0. The zero-order valence-corrected chi connectivity index (χ0v) is 20.4. The van der Waals surface area contributed by atoms with Crippen LogP contribution in [0.5, 0.6) is 11.5 Å². The molecule has 0 N–H and O–H groups in total. The van der Waals surface area contributed by atoms with Crippen molar-refractivity contribution in [3.8, 4) is 23.3 Å². The predicted octanol–water partition coefficient (Wildman–Crippen LogP) is 2.04. The van der Waals surface area contributed by atoms with Gasteiger partial charge in [-0.15, -0.1) is 5.10 Å². The van der Waals surface area contributed by atoms with E-state index in [1.54, 1.807) is 0 Å². The molecule has 1 unspecified atom stereocenters. The standard InChI is InChI=1S/C23H23FN6O5S/c1-15(24)34-18-13-26-23(27-14-18)29-9-7-17(8-10-29)35-21-11-22(31)30(28-20(21)12-25)16-3-5-19(6-4-16)36(2,32)33/h3-6,11,13-15,17H,7-10H2,1-2H3. The molecule has 36 heavy (non-hydrogen) atoms. The number of hydrogen-bond acceptors (Lipinski definition) is 10. The quantitative estimate of drug-likeness (QED) is 0.460. The highest BCUT2D eigenvalue weighted by atomic mass is 32.2. The Balaban J connectivity index is 1.44. The van der Waals surface area contributed by atoms with Gasteiger partial charge in [-0.2, -0.15) is 9.94 Å². The molecular formula is C23H23FN6O5S. The lowest BCUT2D eigenvalue weighted by Crippen LogP contribution is -2.39. The Hall–Kier alpha value is -4.05. The van der Waals surface area contributed by atoms with Crippen LogP contribution in [0.1, 0.15) is 25.5 Å². The van der Waals surface area contributed by atoms with Crippen LogP contribution < -0.4 is 19.9 Å². The predicted molar refractivity (Wildman–Crippen MR) is 127 cm³/mol. The summed E-state index contributed by atoms with van der Waals surface area (Å²) in [6.45, 7) is 2.42. The van der Waals surface area contributed by atoms with Gasteiger partial charge in [-0.25, -0.2) is 22.8 Å². The zero-order valence-electron chi connectivity index (χ0n) is 19.5. The normalized spacial score (nSPS) is 15.2. The SMILES string of the molecule is CC(F)Oc1cnc(N2CCC(Oc3cc(=O)n(-c4ccc(S(C)(=O)=O)cc4)nc3C#N)CC2)nc1. The number of piperidine rings is 1. The van der Waals surface area contributed by atoms with Gasteiger partial charge in [-0.3, -0.25) is 4.79 Å². The van der Waals surface area contributed by atoms with E-state index in [2.05, 4.69) is 15.1 Å². The fourth-order valence-electron chi connectivity index (χ4n) is 3.70. The molecule has 1 atom stereocenters. The number of rotatable bonds is 7. The van der Waals surface area contributed by atoms with Gasteiger partial charge in [0.05, 0.1) is 29.0 Å². The lowest BCUT2D eigenvalue weighted by atomic mass is 10.1. The minimum atomic E-state index is -3.39. The minimum Gasteiger partial charge on any atom is -0.487 e. The maximum absolute atomic E-state index is 12.9. The first-order chi connectivity index (χ1) is 17.1. The van der Waals surface area contributed by atoms with E-state index in [4.69, 9.17) is 9.47 Å². The van der Waals surface area contributed by atoms with Gasteiger partial charge >= 0.3 is 0 Å². The molecule has 1 saturated heterocycles. The van der Waals surface area contributed by atoms with Crippen LogP contribution in [-0.4, -0.2) is 60.0 Å². The van der Waals surface area contributed by atoms with Crippen molar-refractivity contribution in [2.24, 2.45) is 0 Å². The summed E-state index contributed by atoms with van der Waals surface area (Å²) in [5, 5.41) is 13.7. The summed E-state index contributed by atoms with van der Waals surface area (Å²) >= 11 is 0. The lowest BCUT2D eigenvalue weighted by Gasteiger charge is -2.32. The minimum absolute atomic E-state index is 0.0646. The molecule has 13 heteroatoms. The van der Waals surface area contributed by atoms with Gasteiger partial charge in [-0.05, 0) is 24.3 Å². The Bertz CT molecular complexity index is 1430. The van der Waals surface area contributed by atoms with E-state index >= 15 is 0 Å². The highest BCUT2D eigenvalue weighted by molar-refractivity contribution is 7.90. The fourth-order valence-corrected chi connectivity index (χ4v) is 4.33. The Kier molecular flexibility index (Phi) is 7.16. The maximum Gasteiger partial charge on any atom is 0.275 e. The van der Waals surface area contributed by atoms with Gasteiger partial charge in [-0.1, -0.05) is 0 Å². The molecule has 1 fully saturated rings. The summed E-state index contributed by atoms with van der Waals surface area (Å²) < 4.78 is 48.1. The zero-order chi connectivity index (χ0) is 25.9. The van der Waals surface area contributed by atoms with Crippen LogP contribution in [0.25, 0.3) is 5.69 Å². The number of sulfone groups is 1. The van der Waals surface area contributed by atoms with E-state index in [9.17, 15) is 22.9 Å². The van der Waals surface area contributed by atoms with Crippen LogP contribution >= 0.6 is 0 Å². The van der Waals surface area contributed by atoms with Crippen molar-refractivity contribution in [3.63, 3.8) is 0 Å². The van der Waals surface area contributed by atoms with Gasteiger partial charge < -0.3 is 14.4 Å². The van der Waals surface area contributed by atoms with Crippen molar-refractivity contribution in [2.75, 3.05) is 24.2 Å². The second-order valence-electron chi connectivity index (χ2n) is 8.17. The van der Waals surface area contributed by atoms with E-state index in [1.807, 2.05) is 11.0 Å². The van der Waals surface area contributed by atoms with E-state index in [0.29, 0.717) is 37.6 Å². The van der Waals surface area contributed by atoms with Crippen molar-refractivity contribution in [2.45, 2.75) is 37.1 Å². The van der Waals surface area contributed by atoms with Crippen LogP contribution in [0.15, 0.2) is 52.4 Å². The molecule has 1 aliphatic heterocycles. The Labute approximate surface area is 206 Å². The molecular weight excluding hydrogens is 491 g/mol. The second-order valence-corrected chi connectivity index (χ2v) is 10.2. The van der Waals surface area contributed by atoms with Gasteiger partial charge in [0.15, 0.2) is 21.3 Å². The van der Waals surface area contributed by atoms with E-state index in [0.717, 1.165) is 10.9 Å². The van der Waals surface area contributed by atoms with Crippen LogP contribution in [-0.2, 0) is 9.84 Å². The highest BCUT2D eigenvalue weighted by Gasteiger charge is 2.24. The molecule has 0 radical (unpaired) electrons. The number of halogens is 1. The first-order valence-corrected chi connectivity index (χ1v) is 12.9. The summed E-state index contributed by atoms with van der Waals surface area (Å²) in [6, 6.07) is 8.79. The molecule has 3 heterocycles. The first kappa shape index (κ1) is 25.1. The summed E-state index contributed by atoms with van der Waals surface area (Å²) in [5.74, 6) is 0.809. The Morgan fingerprint density at radius 2 is 1.81 bits per heavy atom. The number of ether oxygens (including phenoxy) is 2. The smallest absolute Gasteiger partial charge is 0.275 e. The Morgan fingerprint density at radius 3 is 2.36 bits per heavy atom. The molecule has 2 aromatic heterocycles. The van der Waals surface area contributed by atoms with E-state index in [1.165, 1.54) is 49.6 Å². The van der Waals surface area contributed by atoms with Crippen molar-refractivity contribution >= 4 is 15.8 Å². The fraction of sp³-hybridized carbons (Fsp3) is 0.348. The largest absolute Gasteiger partial charge is 0.487 e.